The van der Waals surface area contributed by atoms with Crippen molar-refractivity contribution in [3.05, 3.63) is 0 Å². The van der Waals surface area contributed by atoms with E-state index in [0.29, 0.717) is 0 Å². The van der Waals surface area contributed by atoms with Gasteiger partial charge in [-0.05, 0) is 26.7 Å². The Labute approximate surface area is 71.2 Å². The molecule has 0 spiro atoms. The van der Waals surface area contributed by atoms with Crippen LogP contribution in [-0.2, 0) is 9.63 Å². The summed E-state index contributed by atoms with van der Waals surface area (Å²) in [5, 5.41) is 12.3. The van der Waals surface area contributed by atoms with Crippen molar-refractivity contribution < 1.29 is 14.7 Å². The van der Waals surface area contributed by atoms with Crippen LogP contribution < -0.4 is 0 Å². The van der Waals surface area contributed by atoms with E-state index in [4.69, 9.17) is 9.94 Å². The number of carboxylic acids is 1. The maximum Gasteiger partial charge on any atom is 0.348 e. The molecule has 0 radical (unpaired) electrons. The Balaban J connectivity index is 2.43. The smallest absolute Gasteiger partial charge is 0.348 e. The highest BCUT2D eigenvalue weighted by Gasteiger charge is 2.38. The predicted molar refractivity (Wildman–Crippen MR) is 44.0 cm³/mol. The summed E-state index contributed by atoms with van der Waals surface area (Å²) in [7, 11) is 0. The zero-order valence-electron chi connectivity index (χ0n) is 7.28. The summed E-state index contributed by atoms with van der Waals surface area (Å²) in [6.07, 6.45) is 1.14. The molecule has 12 heavy (non-hydrogen) atoms. The first-order chi connectivity index (χ1) is 5.61. The van der Waals surface area contributed by atoms with Crippen LogP contribution >= 0.6 is 0 Å². The van der Waals surface area contributed by atoms with Gasteiger partial charge in [-0.1, -0.05) is 5.16 Å². The van der Waals surface area contributed by atoms with Crippen LogP contribution in [0.15, 0.2) is 5.16 Å². The van der Waals surface area contributed by atoms with Gasteiger partial charge in [0.15, 0.2) is 0 Å². The number of carbonyl (C=O) groups is 1. The van der Waals surface area contributed by atoms with E-state index in [1.54, 1.807) is 13.8 Å². The fraction of sp³-hybridized carbons (Fsp3) is 0.750. The third-order valence-electron chi connectivity index (χ3n) is 1.64. The lowest BCUT2D eigenvalue weighted by Crippen LogP contribution is -2.24. The van der Waals surface area contributed by atoms with Crippen LogP contribution in [0.2, 0.25) is 0 Å². The third-order valence-corrected chi connectivity index (χ3v) is 1.64. The molecular weight excluding hydrogens is 158 g/mol. The van der Waals surface area contributed by atoms with Crippen molar-refractivity contribution >= 4 is 11.7 Å². The average molecular weight is 171 g/mol. The number of nitrogens with zero attached hydrogens (tertiary/aromatic N) is 1. The van der Waals surface area contributed by atoms with Crippen LogP contribution in [0, 0.1) is 5.92 Å². The minimum atomic E-state index is -0.914. The maximum absolute atomic E-state index is 10.6. The molecule has 1 saturated carbocycles. The largest absolute Gasteiger partial charge is 0.478 e. The molecule has 0 bridgehead atoms. The number of aliphatic carboxylic acids is 1. The maximum atomic E-state index is 10.6. The molecule has 0 aromatic rings. The van der Waals surface area contributed by atoms with Crippen LogP contribution in [0.25, 0.3) is 0 Å². The molecule has 1 aliphatic rings. The molecule has 0 aromatic carbocycles. The summed E-state index contributed by atoms with van der Waals surface area (Å²) in [5.41, 5.74) is 0.738. The number of oxime groups is 1. The molecule has 1 aliphatic carbocycles. The summed E-state index contributed by atoms with van der Waals surface area (Å²) in [6, 6.07) is 0. The van der Waals surface area contributed by atoms with Crippen molar-refractivity contribution in [3.8, 4) is 0 Å². The Morgan fingerprint density at radius 1 is 1.58 bits per heavy atom. The van der Waals surface area contributed by atoms with Gasteiger partial charge in [0, 0.05) is 5.92 Å². The highest BCUT2D eigenvalue weighted by Crippen LogP contribution is 2.34. The highest BCUT2D eigenvalue weighted by molar-refractivity contribution is 5.78. The quantitative estimate of drug-likeness (QED) is 0.511. The standard InChI is InChI=1S/C8H13NO3/c1-5(2)9-12-7(8(10)11)6-3-4-6/h6-7H,3-4H2,1-2H3,(H,10,11). The zero-order chi connectivity index (χ0) is 9.14. The molecule has 4 nitrogen and oxygen atoms in total. The molecule has 0 amide bonds. The fourth-order valence-corrected chi connectivity index (χ4v) is 0.894. The summed E-state index contributed by atoms with van der Waals surface area (Å²) < 4.78 is 0. The number of carboxylic acid groups (broad SMARTS) is 1. The van der Waals surface area contributed by atoms with E-state index in [1.165, 1.54) is 0 Å². The first-order valence-electron chi connectivity index (χ1n) is 4.01. The van der Waals surface area contributed by atoms with Crippen LogP contribution in [0.5, 0.6) is 0 Å². The summed E-state index contributed by atoms with van der Waals surface area (Å²) >= 11 is 0. The van der Waals surface area contributed by atoms with Gasteiger partial charge in [-0.15, -0.1) is 0 Å². The molecule has 1 rings (SSSR count). The van der Waals surface area contributed by atoms with Crippen molar-refractivity contribution in [2.45, 2.75) is 32.8 Å². The Morgan fingerprint density at radius 3 is 2.50 bits per heavy atom. The van der Waals surface area contributed by atoms with Crippen LogP contribution in [0.4, 0.5) is 0 Å². The van der Waals surface area contributed by atoms with E-state index in [2.05, 4.69) is 5.16 Å². The molecule has 0 saturated heterocycles. The molecule has 1 atom stereocenters. The van der Waals surface area contributed by atoms with Crippen LogP contribution in [0.3, 0.4) is 0 Å². The normalized spacial score (nSPS) is 18.2. The Kier molecular flexibility index (Phi) is 2.68. The van der Waals surface area contributed by atoms with Crippen molar-refractivity contribution in [1.29, 1.82) is 0 Å². The molecular formula is C8H13NO3. The fourth-order valence-electron chi connectivity index (χ4n) is 0.894. The second-order valence-corrected chi connectivity index (χ2v) is 3.24. The van der Waals surface area contributed by atoms with E-state index in [-0.39, 0.29) is 5.92 Å². The topological polar surface area (TPSA) is 58.9 Å². The van der Waals surface area contributed by atoms with Gasteiger partial charge in [0.2, 0.25) is 6.10 Å². The van der Waals surface area contributed by atoms with Crippen molar-refractivity contribution in [2.75, 3.05) is 0 Å². The first kappa shape index (κ1) is 9.03. The van der Waals surface area contributed by atoms with Gasteiger partial charge in [0.25, 0.3) is 0 Å². The second-order valence-electron chi connectivity index (χ2n) is 3.24. The minimum absolute atomic E-state index is 0.172. The Hall–Kier alpha value is -1.06. The highest BCUT2D eigenvalue weighted by atomic mass is 16.6. The van der Waals surface area contributed by atoms with Gasteiger partial charge in [-0.3, -0.25) is 0 Å². The lowest BCUT2D eigenvalue weighted by Gasteiger charge is -2.08. The molecule has 1 unspecified atom stereocenters. The molecule has 4 heteroatoms. The van der Waals surface area contributed by atoms with Gasteiger partial charge < -0.3 is 9.94 Å². The van der Waals surface area contributed by atoms with Crippen molar-refractivity contribution in [3.63, 3.8) is 0 Å². The predicted octanol–water partition coefficient (Wildman–Crippen LogP) is 1.26. The van der Waals surface area contributed by atoms with Crippen LogP contribution in [-0.4, -0.2) is 22.9 Å². The lowest BCUT2D eigenvalue weighted by atomic mass is 10.2. The van der Waals surface area contributed by atoms with Crippen molar-refractivity contribution in [2.24, 2.45) is 11.1 Å². The van der Waals surface area contributed by atoms with Gasteiger partial charge in [-0.2, -0.15) is 0 Å². The van der Waals surface area contributed by atoms with Crippen molar-refractivity contribution in [1.82, 2.24) is 0 Å². The van der Waals surface area contributed by atoms with Gasteiger partial charge in [0.05, 0.1) is 5.71 Å². The third kappa shape index (κ3) is 2.53. The molecule has 0 aromatic heterocycles. The number of hydrogen-bond donors (Lipinski definition) is 1. The second kappa shape index (κ2) is 3.56. The summed E-state index contributed by atoms with van der Waals surface area (Å²) in [5.74, 6) is -0.742. The monoisotopic (exact) mass is 171 g/mol. The van der Waals surface area contributed by atoms with Gasteiger partial charge >= 0.3 is 5.97 Å². The van der Waals surface area contributed by atoms with Gasteiger partial charge in [0.1, 0.15) is 0 Å². The first-order valence-corrected chi connectivity index (χ1v) is 4.01. The van der Waals surface area contributed by atoms with E-state index in [9.17, 15) is 4.79 Å². The SMILES string of the molecule is CC(C)=NOC(C(=O)O)C1CC1. The average Bonchev–Trinajstić information content (AvgIpc) is 2.69. The summed E-state index contributed by atoms with van der Waals surface area (Å²) in [6.45, 7) is 3.54. The summed E-state index contributed by atoms with van der Waals surface area (Å²) in [4.78, 5) is 15.5. The van der Waals surface area contributed by atoms with Gasteiger partial charge in [-0.25, -0.2) is 4.79 Å². The molecule has 0 aliphatic heterocycles. The molecule has 0 heterocycles. The zero-order valence-corrected chi connectivity index (χ0v) is 7.28. The molecule has 1 fully saturated rings. The molecule has 68 valence electrons. The van der Waals surface area contributed by atoms with E-state index < -0.39 is 12.1 Å². The number of hydrogen-bond acceptors (Lipinski definition) is 3. The Morgan fingerprint density at radius 2 is 2.17 bits per heavy atom. The van der Waals surface area contributed by atoms with E-state index >= 15 is 0 Å². The Bertz CT molecular complexity index is 204. The minimum Gasteiger partial charge on any atom is -0.478 e. The molecule has 1 N–H and O–H groups in total. The van der Waals surface area contributed by atoms with E-state index in [1.807, 2.05) is 0 Å². The van der Waals surface area contributed by atoms with Crippen LogP contribution in [0.1, 0.15) is 26.7 Å². The van der Waals surface area contributed by atoms with E-state index in [0.717, 1.165) is 18.6 Å². The number of rotatable bonds is 4. The lowest BCUT2D eigenvalue weighted by molar-refractivity contribution is -0.151.